The SMILES string of the molecule is CC(C)CCOCCCCC(C)(C)C(=N)N. The zero-order chi connectivity index (χ0) is 12.6. The van der Waals surface area contributed by atoms with Gasteiger partial charge in [-0.05, 0) is 25.2 Å². The molecule has 0 fully saturated rings. The molecule has 0 aromatic carbocycles. The monoisotopic (exact) mass is 228 g/mol. The summed E-state index contributed by atoms with van der Waals surface area (Å²) < 4.78 is 5.53. The van der Waals surface area contributed by atoms with Crippen LogP contribution in [0, 0.1) is 16.7 Å². The Morgan fingerprint density at radius 3 is 2.38 bits per heavy atom. The van der Waals surface area contributed by atoms with Crippen LogP contribution in [0.3, 0.4) is 0 Å². The number of ether oxygens (including phenoxy) is 1. The standard InChI is InChI=1S/C13H28N2O/c1-11(2)7-10-16-9-6-5-8-13(3,4)12(14)15/h11H,5-10H2,1-4H3,(H3,14,15). The molecule has 0 saturated carbocycles. The second-order valence-electron chi connectivity index (χ2n) is 5.55. The molecule has 0 aromatic heterocycles. The number of nitrogens with one attached hydrogen (secondary N) is 1. The summed E-state index contributed by atoms with van der Waals surface area (Å²) in [6.07, 6.45) is 4.25. The van der Waals surface area contributed by atoms with E-state index in [-0.39, 0.29) is 11.3 Å². The maximum Gasteiger partial charge on any atom is 0.0963 e. The van der Waals surface area contributed by atoms with Gasteiger partial charge in [0.25, 0.3) is 0 Å². The van der Waals surface area contributed by atoms with Crippen LogP contribution in [0.4, 0.5) is 0 Å². The molecule has 0 radical (unpaired) electrons. The highest BCUT2D eigenvalue weighted by Crippen LogP contribution is 2.22. The average Bonchev–Trinajstić information content (AvgIpc) is 2.15. The van der Waals surface area contributed by atoms with E-state index in [1.54, 1.807) is 0 Å². The fourth-order valence-electron chi connectivity index (χ4n) is 1.33. The molecule has 0 rings (SSSR count). The Morgan fingerprint density at radius 2 is 1.88 bits per heavy atom. The maximum absolute atomic E-state index is 7.44. The van der Waals surface area contributed by atoms with Gasteiger partial charge < -0.3 is 10.5 Å². The third-order valence-electron chi connectivity index (χ3n) is 2.91. The highest BCUT2D eigenvalue weighted by Gasteiger charge is 2.20. The van der Waals surface area contributed by atoms with Crippen molar-refractivity contribution in [2.45, 2.75) is 53.4 Å². The van der Waals surface area contributed by atoms with Gasteiger partial charge in [0.15, 0.2) is 0 Å². The molecule has 0 atom stereocenters. The molecule has 0 aliphatic heterocycles. The summed E-state index contributed by atoms with van der Waals surface area (Å²) in [5, 5.41) is 7.44. The predicted molar refractivity (Wildman–Crippen MR) is 69.8 cm³/mol. The van der Waals surface area contributed by atoms with Gasteiger partial charge in [-0.3, -0.25) is 5.41 Å². The minimum absolute atomic E-state index is 0.155. The van der Waals surface area contributed by atoms with Gasteiger partial charge in [-0.1, -0.05) is 34.1 Å². The van der Waals surface area contributed by atoms with E-state index in [1.165, 1.54) is 0 Å². The van der Waals surface area contributed by atoms with E-state index in [2.05, 4.69) is 13.8 Å². The molecule has 0 spiro atoms. The van der Waals surface area contributed by atoms with Crippen molar-refractivity contribution in [1.82, 2.24) is 0 Å². The molecule has 0 unspecified atom stereocenters. The number of hydrogen-bond acceptors (Lipinski definition) is 2. The van der Waals surface area contributed by atoms with Crippen molar-refractivity contribution < 1.29 is 4.74 Å². The third kappa shape index (κ3) is 7.69. The van der Waals surface area contributed by atoms with Crippen molar-refractivity contribution in [1.29, 1.82) is 5.41 Å². The topological polar surface area (TPSA) is 59.1 Å². The molecule has 96 valence electrons. The van der Waals surface area contributed by atoms with E-state index >= 15 is 0 Å². The van der Waals surface area contributed by atoms with Gasteiger partial charge in [0.2, 0.25) is 0 Å². The number of nitrogens with two attached hydrogens (primary N) is 1. The normalized spacial score (nSPS) is 12.1. The van der Waals surface area contributed by atoms with Crippen molar-refractivity contribution in [3.8, 4) is 0 Å². The van der Waals surface area contributed by atoms with Crippen LogP contribution in [0.2, 0.25) is 0 Å². The van der Waals surface area contributed by atoms with Gasteiger partial charge >= 0.3 is 0 Å². The molecule has 3 nitrogen and oxygen atoms in total. The van der Waals surface area contributed by atoms with Crippen molar-refractivity contribution >= 4 is 5.84 Å². The number of amidine groups is 1. The molecule has 3 N–H and O–H groups in total. The number of hydrogen-bond donors (Lipinski definition) is 2. The highest BCUT2D eigenvalue weighted by molar-refractivity contribution is 5.82. The van der Waals surface area contributed by atoms with Crippen LogP contribution in [0.5, 0.6) is 0 Å². The second kappa shape index (κ2) is 7.66. The first-order valence-electron chi connectivity index (χ1n) is 6.28. The smallest absolute Gasteiger partial charge is 0.0963 e. The minimum atomic E-state index is -0.155. The van der Waals surface area contributed by atoms with E-state index in [0.717, 1.165) is 44.8 Å². The second-order valence-corrected chi connectivity index (χ2v) is 5.55. The Morgan fingerprint density at radius 1 is 1.25 bits per heavy atom. The largest absolute Gasteiger partial charge is 0.387 e. The summed E-state index contributed by atoms with van der Waals surface area (Å²) >= 11 is 0. The van der Waals surface area contributed by atoms with Gasteiger partial charge in [-0.2, -0.15) is 0 Å². The lowest BCUT2D eigenvalue weighted by atomic mass is 9.86. The Hall–Kier alpha value is -0.570. The summed E-state index contributed by atoms with van der Waals surface area (Å²) in [5.74, 6) is 1.00. The zero-order valence-electron chi connectivity index (χ0n) is 11.3. The molecular formula is C13H28N2O. The first-order valence-corrected chi connectivity index (χ1v) is 6.28. The van der Waals surface area contributed by atoms with Crippen molar-refractivity contribution in [3.05, 3.63) is 0 Å². The Kier molecular flexibility index (Phi) is 7.39. The van der Waals surface area contributed by atoms with Gasteiger partial charge in [0, 0.05) is 18.6 Å². The molecule has 0 aliphatic carbocycles. The van der Waals surface area contributed by atoms with Gasteiger partial charge in [0.05, 0.1) is 5.84 Å². The van der Waals surface area contributed by atoms with E-state index in [4.69, 9.17) is 15.9 Å². The van der Waals surface area contributed by atoms with Gasteiger partial charge in [0.1, 0.15) is 0 Å². The number of unbranched alkanes of at least 4 members (excludes halogenated alkanes) is 1. The molecule has 0 aromatic rings. The van der Waals surface area contributed by atoms with Crippen LogP contribution in [-0.4, -0.2) is 19.0 Å². The Balaban J connectivity index is 3.37. The highest BCUT2D eigenvalue weighted by atomic mass is 16.5. The Labute approximate surface area is 100 Å². The summed E-state index contributed by atoms with van der Waals surface area (Å²) in [7, 11) is 0. The van der Waals surface area contributed by atoms with E-state index in [0.29, 0.717) is 0 Å². The summed E-state index contributed by atoms with van der Waals surface area (Å²) in [5.41, 5.74) is 5.36. The van der Waals surface area contributed by atoms with E-state index in [1.807, 2.05) is 13.8 Å². The lowest BCUT2D eigenvalue weighted by Gasteiger charge is -2.22. The van der Waals surface area contributed by atoms with Crippen molar-refractivity contribution in [3.63, 3.8) is 0 Å². The number of rotatable bonds is 9. The average molecular weight is 228 g/mol. The van der Waals surface area contributed by atoms with Gasteiger partial charge in [-0.25, -0.2) is 0 Å². The first-order chi connectivity index (χ1) is 7.36. The quantitative estimate of drug-likeness (QED) is 0.362. The molecule has 3 heteroatoms. The minimum Gasteiger partial charge on any atom is -0.387 e. The van der Waals surface area contributed by atoms with Crippen LogP contribution in [0.15, 0.2) is 0 Å². The van der Waals surface area contributed by atoms with Crippen LogP contribution in [0.1, 0.15) is 53.4 Å². The molecule has 0 aliphatic rings. The molecule has 0 heterocycles. The van der Waals surface area contributed by atoms with E-state index < -0.39 is 0 Å². The first kappa shape index (κ1) is 15.4. The molecule has 16 heavy (non-hydrogen) atoms. The molecular weight excluding hydrogens is 200 g/mol. The maximum atomic E-state index is 7.44. The Bertz CT molecular complexity index is 200. The van der Waals surface area contributed by atoms with Crippen molar-refractivity contribution in [2.24, 2.45) is 17.1 Å². The van der Waals surface area contributed by atoms with Crippen LogP contribution < -0.4 is 5.73 Å². The summed E-state index contributed by atoms with van der Waals surface area (Å²) in [4.78, 5) is 0. The lowest BCUT2D eigenvalue weighted by molar-refractivity contribution is 0.118. The van der Waals surface area contributed by atoms with Crippen molar-refractivity contribution in [2.75, 3.05) is 13.2 Å². The van der Waals surface area contributed by atoms with Crippen LogP contribution in [0.25, 0.3) is 0 Å². The fourth-order valence-corrected chi connectivity index (χ4v) is 1.33. The lowest BCUT2D eigenvalue weighted by Crippen LogP contribution is -2.30. The van der Waals surface area contributed by atoms with Crippen LogP contribution in [-0.2, 0) is 4.74 Å². The molecule has 0 saturated heterocycles. The predicted octanol–water partition coefficient (Wildman–Crippen LogP) is 3.18. The molecule has 0 amide bonds. The summed E-state index contributed by atoms with van der Waals surface area (Å²) in [6, 6.07) is 0. The summed E-state index contributed by atoms with van der Waals surface area (Å²) in [6.45, 7) is 10.2. The molecule has 0 bridgehead atoms. The fraction of sp³-hybridized carbons (Fsp3) is 0.923. The van der Waals surface area contributed by atoms with E-state index in [9.17, 15) is 0 Å². The third-order valence-corrected chi connectivity index (χ3v) is 2.91. The van der Waals surface area contributed by atoms with Crippen LogP contribution >= 0.6 is 0 Å². The zero-order valence-corrected chi connectivity index (χ0v) is 11.3. The van der Waals surface area contributed by atoms with Gasteiger partial charge in [-0.15, -0.1) is 0 Å².